The molecule has 0 saturated carbocycles. The third kappa shape index (κ3) is 5.82. The van der Waals surface area contributed by atoms with E-state index < -0.39 is 6.09 Å². The highest BCUT2D eigenvalue weighted by Crippen LogP contribution is 2.53. The largest absolute Gasteiger partial charge is 0.487 e. The van der Waals surface area contributed by atoms with Gasteiger partial charge in [-0.3, -0.25) is 0 Å². The zero-order valence-corrected chi connectivity index (χ0v) is 19.8. The lowest BCUT2D eigenvalue weighted by Crippen LogP contribution is -2.45. The number of allylic oxidation sites excluding steroid dienone is 2. The normalized spacial score (nSPS) is 21.4. The molecule has 0 bridgehead atoms. The van der Waals surface area contributed by atoms with Crippen molar-refractivity contribution in [2.45, 2.75) is 90.6 Å². The lowest BCUT2D eigenvalue weighted by molar-refractivity contribution is 0.0108. The molecule has 0 aromatic heterocycles. The first kappa shape index (κ1) is 23.6. The van der Waals surface area contributed by atoms with E-state index in [2.05, 4.69) is 51.2 Å². The van der Waals surface area contributed by atoms with Crippen LogP contribution in [0.25, 0.3) is 0 Å². The van der Waals surface area contributed by atoms with Gasteiger partial charge in [-0.05, 0) is 83.5 Å². The second-order valence-electron chi connectivity index (χ2n) is 9.66. The Hall–Kier alpha value is -2.01. The Balaban J connectivity index is 1.93. The van der Waals surface area contributed by atoms with E-state index in [-0.39, 0.29) is 11.5 Å². The lowest BCUT2D eigenvalue weighted by Gasteiger charge is -2.46. The van der Waals surface area contributed by atoms with Crippen molar-refractivity contribution in [3.05, 3.63) is 34.9 Å². The van der Waals surface area contributed by atoms with Crippen molar-refractivity contribution >= 4 is 6.09 Å². The zero-order valence-electron chi connectivity index (χ0n) is 19.8. The van der Waals surface area contributed by atoms with Gasteiger partial charge in [0.05, 0.1) is 0 Å². The van der Waals surface area contributed by atoms with E-state index in [1.807, 2.05) is 0 Å². The van der Waals surface area contributed by atoms with Gasteiger partial charge in [0.1, 0.15) is 17.1 Å². The van der Waals surface area contributed by atoms with Crippen LogP contribution in [0.5, 0.6) is 11.5 Å². The number of aryl methyl sites for hydroxylation is 1. The molecule has 1 amide bonds. The van der Waals surface area contributed by atoms with Gasteiger partial charge in [-0.1, -0.05) is 31.4 Å². The van der Waals surface area contributed by atoms with Crippen LogP contribution in [0.1, 0.15) is 89.7 Å². The number of hydrogen-bond acceptors (Lipinski definition) is 4. The maximum atomic E-state index is 12.6. The zero-order chi connectivity index (χ0) is 22.4. The van der Waals surface area contributed by atoms with E-state index in [1.165, 1.54) is 24.0 Å². The van der Waals surface area contributed by atoms with Gasteiger partial charge in [-0.15, -0.1) is 0 Å². The lowest BCUT2D eigenvalue weighted by atomic mass is 9.68. The fraction of sp³-hybridized carbons (Fsp3) is 0.654. The van der Waals surface area contributed by atoms with Crippen molar-refractivity contribution in [2.24, 2.45) is 11.7 Å². The molecule has 1 aromatic rings. The third-order valence-electron chi connectivity index (χ3n) is 6.68. The van der Waals surface area contributed by atoms with Crippen LogP contribution in [0.15, 0.2) is 23.8 Å². The summed E-state index contributed by atoms with van der Waals surface area (Å²) in [6, 6.07) is 4.23. The van der Waals surface area contributed by atoms with Gasteiger partial charge in [-0.2, -0.15) is 0 Å². The number of fused-ring (bicyclic) bond motifs is 3. The first-order valence-electron chi connectivity index (χ1n) is 12.0. The molecule has 3 rings (SSSR count). The topological polar surface area (TPSA) is 73.6 Å². The number of nitrogens with one attached hydrogen (secondary N) is 1. The SMILES string of the molecule is CCCCCc1cc(OC(=O)NCCCCN)c2c(c1)OC(C)(C)C1CCC(C)=C[C@@H]21. The van der Waals surface area contributed by atoms with E-state index in [4.69, 9.17) is 15.2 Å². The molecule has 0 radical (unpaired) electrons. The van der Waals surface area contributed by atoms with Crippen molar-refractivity contribution in [3.8, 4) is 11.5 Å². The minimum absolute atomic E-state index is 0.206. The highest BCUT2D eigenvalue weighted by atomic mass is 16.6. The molecular weight excluding hydrogens is 388 g/mol. The summed E-state index contributed by atoms with van der Waals surface area (Å²) in [7, 11) is 0. The average molecular weight is 429 g/mol. The fourth-order valence-corrected chi connectivity index (χ4v) is 4.96. The number of amides is 1. The number of hydrogen-bond donors (Lipinski definition) is 2. The van der Waals surface area contributed by atoms with Gasteiger partial charge in [0.25, 0.3) is 0 Å². The molecule has 5 nitrogen and oxygen atoms in total. The molecule has 1 heterocycles. The standard InChI is InChI=1S/C26H40N2O3/c1-5-6-7-10-19-16-22(30-25(29)28-14-9-8-13-27)24-20-15-18(2)11-12-21(20)26(3,4)31-23(24)17-19/h15-17,20-21H,5-14,27H2,1-4H3,(H,28,29)/t20-,21?/m1/s1. The number of carbonyl (C=O) groups is 1. The molecule has 31 heavy (non-hydrogen) atoms. The average Bonchev–Trinajstić information content (AvgIpc) is 2.70. The molecule has 5 heteroatoms. The van der Waals surface area contributed by atoms with Crippen molar-refractivity contribution in [1.29, 1.82) is 0 Å². The molecule has 0 spiro atoms. The molecule has 2 aliphatic rings. The minimum atomic E-state index is -0.400. The summed E-state index contributed by atoms with van der Waals surface area (Å²) in [4.78, 5) is 12.6. The number of ether oxygens (including phenoxy) is 2. The van der Waals surface area contributed by atoms with E-state index >= 15 is 0 Å². The van der Waals surface area contributed by atoms with Crippen LogP contribution in [0.3, 0.4) is 0 Å². The quantitative estimate of drug-likeness (QED) is 0.382. The molecule has 1 aromatic carbocycles. The Morgan fingerprint density at radius 2 is 2.06 bits per heavy atom. The number of rotatable bonds is 9. The van der Waals surface area contributed by atoms with Crippen LogP contribution in [-0.4, -0.2) is 24.8 Å². The second kappa shape index (κ2) is 10.5. The molecule has 1 aliphatic heterocycles. The van der Waals surface area contributed by atoms with E-state index in [1.54, 1.807) is 0 Å². The summed E-state index contributed by atoms with van der Waals surface area (Å²) in [5.41, 5.74) is 8.89. The Morgan fingerprint density at radius 1 is 1.26 bits per heavy atom. The molecule has 0 saturated heterocycles. The summed E-state index contributed by atoms with van der Waals surface area (Å²) in [5.74, 6) is 2.09. The van der Waals surface area contributed by atoms with Gasteiger partial charge >= 0.3 is 6.09 Å². The van der Waals surface area contributed by atoms with Gasteiger partial charge in [0.2, 0.25) is 0 Å². The first-order valence-corrected chi connectivity index (χ1v) is 12.0. The van der Waals surface area contributed by atoms with Crippen molar-refractivity contribution in [2.75, 3.05) is 13.1 Å². The highest BCUT2D eigenvalue weighted by molar-refractivity contribution is 5.72. The van der Waals surface area contributed by atoms with Gasteiger partial charge in [0, 0.05) is 23.9 Å². The van der Waals surface area contributed by atoms with Crippen LogP contribution in [0.2, 0.25) is 0 Å². The second-order valence-corrected chi connectivity index (χ2v) is 9.66. The smallest absolute Gasteiger partial charge is 0.412 e. The van der Waals surface area contributed by atoms with Gasteiger partial charge < -0.3 is 20.5 Å². The Kier molecular flexibility index (Phi) is 8.04. The van der Waals surface area contributed by atoms with Crippen LogP contribution in [0.4, 0.5) is 4.79 Å². The van der Waals surface area contributed by atoms with Crippen molar-refractivity contribution in [3.63, 3.8) is 0 Å². The van der Waals surface area contributed by atoms with Crippen molar-refractivity contribution in [1.82, 2.24) is 5.32 Å². The maximum Gasteiger partial charge on any atom is 0.412 e. The molecule has 1 unspecified atom stereocenters. The third-order valence-corrected chi connectivity index (χ3v) is 6.68. The van der Waals surface area contributed by atoms with E-state index in [9.17, 15) is 4.79 Å². The number of unbranched alkanes of at least 4 members (excludes halogenated alkanes) is 3. The van der Waals surface area contributed by atoms with E-state index in [0.29, 0.717) is 24.8 Å². The molecule has 3 N–H and O–H groups in total. The fourth-order valence-electron chi connectivity index (χ4n) is 4.96. The molecule has 0 fully saturated rings. The Bertz CT molecular complexity index is 800. The summed E-state index contributed by atoms with van der Waals surface area (Å²) < 4.78 is 12.5. The number of carbonyl (C=O) groups excluding carboxylic acids is 1. The molecule has 2 atom stereocenters. The van der Waals surface area contributed by atoms with Gasteiger partial charge in [0.15, 0.2) is 0 Å². The monoisotopic (exact) mass is 428 g/mol. The van der Waals surface area contributed by atoms with Crippen LogP contribution < -0.4 is 20.5 Å². The van der Waals surface area contributed by atoms with Crippen molar-refractivity contribution < 1.29 is 14.3 Å². The highest BCUT2D eigenvalue weighted by Gasteiger charge is 2.45. The van der Waals surface area contributed by atoms with Crippen LogP contribution in [-0.2, 0) is 6.42 Å². The number of nitrogens with two attached hydrogens (primary N) is 1. The minimum Gasteiger partial charge on any atom is -0.487 e. The molecule has 1 aliphatic carbocycles. The number of benzene rings is 1. The summed E-state index contributed by atoms with van der Waals surface area (Å²) in [6.45, 7) is 9.99. The predicted octanol–water partition coefficient (Wildman–Crippen LogP) is 5.86. The molecular formula is C26H40N2O3. The Morgan fingerprint density at radius 3 is 2.81 bits per heavy atom. The predicted molar refractivity (Wildman–Crippen MR) is 126 cm³/mol. The molecule has 172 valence electrons. The summed E-state index contributed by atoms with van der Waals surface area (Å²) in [5, 5.41) is 2.87. The van der Waals surface area contributed by atoms with Gasteiger partial charge in [-0.25, -0.2) is 4.79 Å². The first-order chi connectivity index (χ1) is 14.9. The van der Waals surface area contributed by atoms with E-state index in [0.717, 1.165) is 49.8 Å². The summed E-state index contributed by atoms with van der Waals surface area (Å²) in [6.07, 6.45) is 10.3. The summed E-state index contributed by atoms with van der Waals surface area (Å²) >= 11 is 0. The van der Waals surface area contributed by atoms with Crippen LogP contribution in [0, 0.1) is 5.92 Å². The Labute approximate surface area is 187 Å². The maximum absolute atomic E-state index is 12.6. The van der Waals surface area contributed by atoms with Crippen LogP contribution >= 0.6 is 0 Å².